The highest BCUT2D eigenvalue weighted by Gasteiger charge is 1.99. The monoisotopic (exact) mass is 252 g/mol. The Balaban J connectivity index is 0.000000861. The Bertz CT molecular complexity index is 583. The molecule has 19 heavy (non-hydrogen) atoms. The summed E-state index contributed by atoms with van der Waals surface area (Å²) in [6.07, 6.45) is 16.8. The predicted octanol–water partition coefficient (Wildman–Crippen LogP) is 4.00. The summed E-state index contributed by atoms with van der Waals surface area (Å²) in [6, 6.07) is 4.57. The topological polar surface area (TPSA) is 0 Å². The van der Waals surface area contributed by atoms with Crippen LogP contribution in [0.4, 0.5) is 0 Å². The van der Waals surface area contributed by atoms with E-state index in [0.29, 0.717) is 0 Å². The van der Waals surface area contributed by atoms with Gasteiger partial charge in [0.25, 0.3) is 0 Å². The highest BCUT2D eigenvalue weighted by molar-refractivity contribution is 5.58. The Morgan fingerprint density at radius 1 is 1.21 bits per heavy atom. The number of hydrogen-bond donors (Lipinski definition) is 0. The molecule has 1 aromatic rings. The molecule has 0 nitrogen and oxygen atoms in total. The van der Waals surface area contributed by atoms with Gasteiger partial charge in [-0.3, -0.25) is 0 Å². The number of hydrogen-bond acceptors (Lipinski definition) is 0. The quantitative estimate of drug-likeness (QED) is 0.713. The number of benzene rings is 1. The van der Waals surface area contributed by atoms with Gasteiger partial charge in [-0.25, -0.2) is 0 Å². The first kappa shape index (κ1) is 15.2. The summed E-state index contributed by atoms with van der Waals surface area (Å²) in [6.45, 7) is 9.92. The van der Waals surface area contributed by atoms with Crippen molar-refractivity contribution < 1.29 is 0 Å². The van der Waals surface area contributed by atoms with Crippen LogP contribution in [0.25, 0.3) is 18.2 Å². The van der Waals surface area contributed by atoms with E-state index < -0.39 is 0 Å². The van der Waals surface area contributed by atoms with Crippen molar-refractivity contribution >= 4 is 18.2 Å². The van der Waals surface area contributed by atoms with E-state index in [1.54, 1.807) is 0 Å². The standard InChI is InChI=1S/C17H18.C2H6/c1-3-5-9-15-13-17-11-8-6-7-10-16(17)12-14(15)4-2;1-2/h3,5-6,8-13H,1,4,7H2,2H3;1-2H3/b9-5-;. The number of aryl methyl sites for hydroxylation is 1. The minimum Gasteiger partial charge on any atom is -0.0991 e. The Labute approximate surface area is 117 Å². The molecule has 0 fully saturated rings. The molecule has 1 aliphatic rings. The Morgan fingerprint density at radius 3 is 2.68 bits per heavy atom. The first-order valence-corrected chi connectivity index (χ1v) is 7.14. The molecule has 0 heterocycles. The normalized spacial score (nSPS) is 12.6. The molecule has 0 amide bonds. The zero-order valence-electron chi connectivity index (χ0n) is 12.3. The zero-order chi connectivity index (χ0) is 14.1. The summed E-state index contributed by atoms with van der Waals surface area (Å²) in [5.41, 5.74) is 2.69. The van der Waals surface area contributed by atoms with E-state index in [-0.39, 0.29) is 0 Å². The second-order valence-corrected chi connectivity index (χ2v) is 4.16. The summed E-state index contributed by atoms with van der Waals surface area (Å²) in [7, 11) is 0. The molecule has 0 aromatic heterocycles. The number of rotatable bonds is 3. The van der Waals surface area contributed by atoms with Gasteiger partial charge in [0.05, 0.1) is 0 Å². The molecule has 0 unspecified atom stereocenters. The lowest BCUT2D eigenvalue weighted by Gasteiger charge is -2.04. The van der Waals surface area contributed by atoms with Crippen LogP contribution in [0.3, 0.4) is 0 Å². The summed E-state index contributed by atoms with van der Waals surface area (Å²) < 4.78 is 0. The van der Waals surface area contributed by atoms with Crippen LogP contribution in [0.5, 0.6) is 0 Å². The molecule has 1 aromatic carbocycles. The lowest BCUT2D eigenvalue weighted by atomic mass is 10.0. The summed E-state index contributed by atoms with van der Waals surface area (Å²) in [4.78, 5) is 0. The molecule has 0 spiro atoms. The highest BCUT2D eigenvalue weighted by Crippen LogP contribution is 2.08. The van der Waals surface area contributed by atoms with E-state index in [2.05, 4.69) is 56.0 Å². The maximum Gasteiger partial charge on any atom is -0.0157 e. The van der Waals surface area contributed by atoms with Crippen molar-refractivity contribution in [1.29, 1.82) is 0 Å². The zero-order valence-corrected chi connectivity index (χ0v) is 12.3. The number of fused-ring (bicyclic) bond motifs is 1. The van der Waals surface area contributed by atoms with Crippen LogP contribution < -0.4 is 10.4 Å². The molecule has 0 radical (unpaired) electrons. The average molecular weight is 252 g/mol. The maximum absolute atomic E-state index is 3.72. The first-order chi connectivity index (χ1) is 9.35. The molecular formula is C19H24. The van der Waals surface area contributed by atoms with E-state index in [0.717, 1.165) is 12.8 Å². The Kier molecular flexibility index (Phi) is 6.67. The van der Waals surface area contributed by atoms with Gasteiger partial charge < -0.3 is 0 Å². The molecule has 0 N–H and O–H groups in total. The van der Waals surface area contributed by atoms with Gasteiger partial charge in [-0.2, -0.15) is 0 Å². The van der Waals surface area contributed by atoms with Gasteiger partial charge in [-0.1, -0.05) is 75.9 Å². The molecule has 0 heteroatoms. The second-order valence-electron chi connectivity index (χ2n) is 4.16. The Hall–Kier alpha value is -1.82. The largest absolute Gasteiger partial charge is 0.0991 e. The average Bonchev–Trinajstić information content (AvgIpc) is 2.70. The van der Waals surface area contributed by atoms with E-state index in [1.807, 2.05) is 26.0 Å². The third-order valence-electron chi connectivity index (χ3n) is 3.02. The molecular weight excluding hydrogens is 228 g/mol. The summed E-state index contributed by atoms with van der Waals surface area (Å²) in [5, 5.41) is 2.65. The molecule has 1 aliphatic carbocycles. The minimum atomic E-state index is 1.02. The van der Waals surface area contributed by atoms with Crippen molar-refractivity contribution in [2.75, 3.05) is 0 Å². The SMILES string of the molecule is C=C/C=C\c1cc2c(cc1CC)=CCC=CC=2.CC. The molecule has 0 saturated heterocycles. The van der Waals surface area contributed by atoms with Crippen molar-refractivity contribution in [3.05, 3.63) is 64.6 Å². The Morgan fingerprint density at radius 2 is 2.00 bits per heavy atom. The predicted molar refractivity (Wildman–Crippen MR) is 88.3 cm³/mol. The fourth-order valence-corrected chi connectivity index (χ4v) is 2.10. The molecule has 0 bridgehead atoms. The van der Waals surface area contributed by atoms with E-state index in [1.165, 1.54) is 21.6 Å². The molecule has 0 atom stereocenters. The van der Waals surface area contributed by atoms with Gasteiger partial charge in [0, 0.05) is 0 Å². The van der Waals surface area contributed by atoms with Crippen LogP contribution in [0, 0.1) is 0 Å². The van der Waals surface area contributed by atoms with E-state index >= 15 is 0 Å². The van der Waals surface area contributed by atoms with Gasteiger partial charge in [0.1, 0.15) is 0 Å². The molecule has 0 saturated carbocycles. The fraction of sp³-hybridized carbons (Fsp3) is 0.263. The van der Waals surface area contributed by atoms with Gasteiger partial charge in [-0.15, -0.1) is 0 Å². The van der Waals surface area contributed by atoms with Crippen molar-refractivity contribution in [1.82, 2.24) is 0 Å². The smallest absolute Gasteiger partial charge is 0.0157 e. The van der Waals surface area contributed by atoms with Gasteiger partial charge >= 0.3 is 0 Å². The lowest BCUT2D eigenvalue weighted by Crippen LogP contribution is -2.25. The second kappa shape index (κ2) is 8.31. The maximum atomic E-state index is 3.72. The first-order valence-electron chi connectivity index (χ1n) is 7.14. The van der Waals surface area contributed by atoms with E-state index in [9.17, 15) is 0 Å². The summed E-state index contributed by atoms with van der Waals surface area (Å²) in [5.74, 6) is 0. The number of allylic oxidation sites excluding steroid dienone is 4. The van der Waals surface area contributed by atoms with Gasteiger partial charge in [0.15, 0.2) is 0 Å². The highest BCUT2D eigenvalue weighted by atomic mass is 14.0. The van der Waals surface area contributed by atoms with Crippen LogP contribution >= 0.6 is 0 Å². The van der Waals surface area contributed by atoms with Crippen LogP contribution in [0.2, 0.25) is 0 Å². The van der Waals surface area contributed by atoms with E-state index in [4.69, 9.17) is 0 Å². The third kappa shape index (κ3) is 4.10. The summed E-state index contributed by atoms with van der Waals surface area (Å²) >= 11 is 0. The van der Waals surface area contributed by atoms with Crippen molar-refractivity contribution in [3.8, 4) is 0 Å². The van der Waals surface area contributed by atoms with Crippen LogP contribution in [-0.2, 0) is 6.42 Å². The molecule has 2 rings (SSSR count). The van der Waals surface area contributed by atoms with Gasteiger partial charge in [-0.05, 0) is 40.5 Å². The minimum absolute atomic E-state index is 1.02. The van der Waals surface area contributed by atoms with Crippen LogP contribution in [0.15, 0.2) is 43.0 Å². The third-order valence-corrected chi connectivity index (χ3v) is 3.02. The molecule has 100 valence electrons. The lowest BCUT2D eigenvalue weighted by molar-refractivity contribution is 1.12. The molecule has 0 aliphatic heterocycles. The van der Waals surface area contributed by atoms with Crippen molar-refractivity contribution in [2.24, 2.45) is 0 Å². The van der Waals surface area contributed by atoms with Crippen LogP contribution in [-0.4, -0.2) is 0 Å². The van der Waals surface area contributed by atoms with Gasteiger partial charge in [0.2, 0.25) is 0 Å². The van der Waals surface area contributed by atoms with Crippen LogP contribution in [0.1, 0.15) is 38.3 Å². The van der Waals surface area contributed by atoms with Crippen molar-refractivity contribution in [2.45, 2.75) is 33.6 Å². The van der Waals surface area contributed by atoms with Crippen molar-refractivity contribution in [3.63, 3.8) is 0 Å². The fourth-order valence-electron chi connectivity index (χ4n) is 2.10.